The van der Waals surface area contributed by atoms with Gasteiger partial charge in [-0.15, -0.1) is 0 Å². The van der Waals surface area contributed by atoms with E-state index in [9.17, 15) is 4.79 Å². The van der Waals surface area contributed by atoms with E-state index in [4.69, 9.17) is 38.7 Å². The lowest BCUT2D eigenvalue weighted by molar-refractivity contribution is -0.281. The van der Waals surface area contributed by atoms with Gasteiger partial charge in [0.1, 0.15) is 31.9 Å². The van der Waals surface area contributed by atoms with Crippen molar-refractivity contribution < 1.29 is 38.0 Å². The fourth-order valence-electron chi connectivity index (χ4n) is 3.32. The molecule has 11 heteroatoms. The van der Waals surface area contributed by atoms with E-state index in [0.29, 0.717) is 0 Å². The highest BCUT2D eigenvalue weighted by atomic mass is 16.7. The fourth-order valence-corrected chi connectivity index (χ4v) is 3.32. The summed E-state index contributed by atoms with van der Waals surface area (Å²) in [6.07, 6.45) is -3.59. The van der Waals surface area contributed by atoms with Gasteiger partial charge in [-0.25, -0.2) is 0 Å². The number of hydrogen-bond acceptors (Lipinski definition) is 9. The Morgan fingerprint density at radius 3 is 2.23 bits per heavy atom. The number of nitrogens with zero attached hydrogens (tertiary/aromatic N) is 3. The number of rotatable bonds is 13. The second kappa shape index (κ2) is 13.9. The van der Waals surface area contributed by atoms with Gasteiger partial charge in [0, 0.05) is 19.1 Å². The summed E-state index contributed by atoms with van der Waals surface area (Å²) in [6, 6.07) is 9.59. The number of hydrogen-bond donors (Lipinski definition) is 0. The van der Waals surface area contributed by atoms with Crippen LogP contribution >= 0.6 is 0 Å². The normalized spacial score (nSPS) is 25.6. The SMILES string of the molecule is COCO[C@@H]1[C@@H](OCc2ccccc2)[C@H](OCOC)[C@@H](CN=[N+]=[N-])O[C@@H]1CC(=O)OC. The van der Waals surface area contributed by atoms with Gasteiger partial charge in [-0.1, -0.05) is 35.4 Å². The summed E-state index contributed by atoms with van der Waals surface area (Å²) in [4.78, 5) is 14.8. The molecular formula is C20H29N3O8. The molecule has 11 nitrogen and oxygen atoms in total. The molecule has 2 rings (SSSR count). The van der Waals surface area contributed by atoms with Crippen LogP contribution in [0.15, 0.2) is 35.4 Å². The Bertz CT molecular complexity index is 701. The van der Waals surface area contributed by atoms with Crippen molar-refractivity contribution in [1.29, 1.82) is 0 Å². The average Bonchev–Trinajstić information content (AvgIpc) is 2.80. The van der Waals surface area contributed by atoms with Crippen molar-refractivity contribution in [2.75, 3.05) is 41.5 Å². The Labute approximate surface area is 181 Å². The largest absolute Gasteiger partial charge is 0.469 e. The predicted octanol–water partition coefficient (Wildman–Crippen LogP) is 2.19. The molecule has 1 saturated heterocycles. The third-order valence-electron chi connectivity index (χ3n) is 4.69. The molecule has 1 aromatic rings. The highest BCUT2D eigenvalue weighted by Crippen LogP contribution is 2.31. The maximum absolute atomic E-state index is 12.0. The first-order chi connectivity index (χ1) is 15.1. The highest BCUT2D eigenvalue weighted by Gasteiger charge is 2.48. The number of carbonyl (C=O) groups is 1. The lowest BCUT2D eigenvalue weighted by Gasteiger charge is -2.45. The zero-order valence-electron chi connectivity index (χ0n) is 17.9. The molecule has 31 heavy (non-hydrogen) atoms. The smallest absolute Gasteiger partial charge is 0.308 e. The Balaban J connectivity index is 2.33. The Morgan fingerprint density at radius 1 is 1.00 bits per heavy atom. The number of esters is 1. The van der Waals surface area contributed by atoms with E-state index in [1.165, 1.54) is 21.3 Å². The van der Waals surface area contributed by atoms with Crippen molar-refractivity contribution in [2.24, 2.45) is 5.11 Å². The van der Waals surface area contributed by atoms with Gasteiger partial charge in [0.2, 0.25) is 0 Å². The molecule has 0 N–H and O–H groups in total. The Kier molecular flexibility index (Phi) is 11.3. The highest BCUT2D eigenvalue weighted by molar-refractivity contribution is 5.69. The molecule has 1 heterocycles. The molecule has 0 amide bonds. The van der Waals surface area contributed by atoms with Gasteiger partial charge < -0.3 is 33.2 Å². The number of methoxy groups -OCH3 is 3. The second-order valence-electron chi connectivity index (χ2n) is 6.74. The summed E-state index contributed by atoms with van der Waals surface area (Å²) in [5, 5.41) is 3.62. The quantitative estimate of drug-likeness (QED) is 0.150. The molecule has 5 atom stereocenters. The molecule has 0 radical (unpaired) electrons. The van der Waals surface area contributed by atoms with Crippen LogP contribution in [-0.2, 0) is 44.6 Å². The molecular weight excluding hydrogens is 410 g/mol. The molecule has 0 aromatic heterocycles. The molecule has 0 unspecified atom stereocenters. The van der Waals surface area contributed by atoms with E-state index in [0.717, 1.165) is 5.56 Å². The van der Waals surface area contributed by atoms with Gasteiger partial charge in [0.15, 0.2) is 0 Å². The first-order valence-electron chi connectivity index (χ1n) is 9.74. The van der Waals surface area contributed by atoms with Crippen LogP contribution in [0, 0.1) is 0 Å². The minimum atomic E-state index is -0.732. The topological polar surface area (TPSA) is 130 Å². The van der Waals surface area contributed by atoms with Crippen LogP contribution in [0.4, 0.5) is 0 Å². The number of ether oxygens (including phenoxy) is 7. The lowest BCUT2D eigenvalue weighted by atomic mass is 9.92. The minimum absolute atomic E-state index is 0.0231. The molecule has 1 aromatic carbocycles. The summed E-state index contributed by atoms with van der Waals surface area (Å²) in [7, 11) is 4.27. The minimum Gasteiger partial charge on any atom is -0.469 e. The van der Waals surface area contributed by atoms with Crippen molar-refractivity contribution in [3.63, 3.8) is 0 Å². The summed E-state index contributed by atoms with van der Waals surface area (Å²) >= 11 is 0. The number of benzene rings is 1. The van der Waals surface area contributed by atoms with Crippen molar-refractivity contribution >= 4 is 5.97 Å². The van der Waals surface area contributed by atoms with E-state index >= 15 is 0 Å². The molecule has 0 bridgehead atoms. The molecule has 1 aliphatic heterocycles. The van der Waals surface area contributed by atoms with Crippen LogP contribution in [0.2, 0.25) is 0 Å². The molecule has 1 aliphatic rings. The van der Waals surface area contributed by atoms with Crippen molar-refractivity contribution in [1.82, 2.24) is 0 Å². The van der Waals surface area contributed by atoms with Gasteiger partial charge in [-0.3, -0.25) is 4.79 Å². The lowest BCUT2D eigenvalue weighted by Crippen LogP contribution is -2.61. The van der Waals surface area contributed by atoms with Crippen LogP contribution in [0.5, 0.6) is 0 Å². The first kappa shape index (κ1) is 25.0. The maximum atomic E-state index is 12.0. The molecule has 0 saturated carbocycles. The number of azide groups is 1. The van der Waals surface area contributed by atoms with E-state index in [1.54, 1.807) is 0 Å². The van der Waals surface area contributed by atoms with Crippen LogP contribution < -0.4 is 0 Å². The third-order valence-corrected chi connectivity index (χ3v) is 4.69. The van der Waals surface area contributed by atoms with Gasteiger partial charge in [0.05, 0.1) is 38.9 Å². The monoisotopic (exact) mass is 439 g/mol. The third kappa shape index (κ3) is 7.75. The van der Waals surface area contributed by atoms with Crippen molar-refractivity contribution in [2.45, 2.75) is 43.5 Å². The second-order valence-corrected chi connectivity index (χ2v) is 6.74. The van der Waals surface area contributed by atoms with E-state index < -0.39 is 36.5 Å². The summed E-state index contributed by atoms with van der Waals surface area (Å²) in [5.41, 5.74) is 9.73. The zero-order valence-corrected chi connectivity index (χ0v) is 17.9. The molecule has 172 valence electrons. The Morgan fingerprint density at radius 2 is 1.65 bits per heavy atom. The van der Waals surface area contributed by atoms with Gasteiger partial charge in [-0.05, 0) is 11.1 Å². The predicted molar refractivity (Wildman–Crippen MR) is 108 cm³/mol. The molecule has 0 aliphatic carbocycles. The van der Waals surface area contributed by atoms with Gasteiger partial charge in [0.25, 0.3) is 0 Å². The molecule has 0 spiro atoms. The summed E-state index contributed by atoms with van der Waals surface area (Å²) in [5.74, 6) is -0.475. The fraction of sp³-hybridized carbons (Fsp3) is 0.650. The summed E-state index contributed by atoms with van der Waals surface area (Å²) in [6.45, 7) is 0.161. The van der Waals surface area contributed by atoms with Crippen LogP contribution in [-0.4, -0.2) is 77.9 Å². The van der Waals surface area contributed by atoms with Crippen LogP contribution in [0.1, 0.15) is 12.0 Å². The standard InChI is InChI=1S/C20H29N3O8/c1-25-12-29-18-15(9-17(24)27-3)31-16(10-22-23-21)19(30-13-26-2)20(18)28-11-14-7-5-4-6-8-14/h4-8,15-16,18-20H,9-13H2,1-3H3/t15-,16-,18+,19-,20-/m1/s1. The van der Waals surface area contributed by atoms with Gasteiger partial charge >= 0.3 is 5.97 Å². The van der Waals surface area contributed by atoms with Crippen molar-refractivity contribution in [3.05, 3.63) is 46.3 Å². The first-order valence-corrected chi connectivity index (χ1v) is 9.74. The number of carbonyl (C=O) groups excluding carboxylic acids is 1. The van der Waals surface area contributed by atoms with Crippen molar-refractivity contribution in [3.8, 4) is 0 Å². The van der Waals surface area contributed by atoms with Gasteiger partial charge in [-0.2, -0.15) is 0 Å². The molecule has 1 fully saturated rings. The van der Waals surface area contributed by atoms with E-state index in [2.05, 4.69) is 10.0 Å². The maximum Gasteiger partial charge on any atom is 0.308 e. The van der Waals surface area contributed by atoms with Crippen LogP contribution in [0.3, 0.4) is 0 Å². The average molecular weight is 439 g/mol. The van der Waals surface area contributed by atoms with Crippen LogP contribution in [0.25, 0.3) is 10.4 Å². The zero-order chi connectivity index (χ0) is 22.5. The van der Waals surface area contributed by atoms with E-state index in [-0.39, 0.29) is 33.2 Å². The summed E-state index contributed by atoms with van der Waals surface area (Å²) < 4.78 is 38.9. The van der Waals surface area contributed by atoms with E-state index in [1.807, 2.05) is 30.3 Å². The Hall–Kier alpha value is -2.24.